The third-order valence-electron chi connectivity index (χ3n) is 4.95. The van der Waals surface area contributed by atoms with Crippen molar-refractivity contribution >= 4 is 20.0 Å². The van der Waals surface area contributed by atoms with Crippen LogP contribution in [0.3, 0.4) is 0 Å². The molecule has 0 spiro atoms. The normalized spacial score (nSPS) is 13.1. The number of pyridine rings is 2. The summed E-state index contributed by atoms with van der Waals surface area (Å²) in [6, 6.07) is 23.0. The molecule has 0 unspecified atom stereocenters. The molecule has 0 atom stereocenters. The molecule has 0 radical (unpaired) electrons. The van der Waals surface area contributed by atoms with Crippen molar-refractivity contribution in [3.05, 3.63) is 95.1 Å². The fourth-order valence-electron chi connectivity index (χ4n) is 3.23. The third-order valence-corrected chi connectivity index (χ3v) is 4.95. The molecule has 2 aromatic heterocycles. The van der Waals surface area contributed by atoms with Crippen molar-refractivity contribution in [3.63, 3.8) is 0 Å². The number of carbonyl (C=O) groups is 1. The van der Waals surface area contributed by atoms with Gasteiger partial charge in [0.2, 0.25) is 0 Å². The van der Waals surface area contributed by atoms with Crippen LogP contribution in [0.15, 0.2) is 60.7 Å². The van der Waals surface area contributed by atoms with E-state index in [-0.39, 0.29) is 5.78 Å². The second-order valence-electron chi connectivity index (χ2n) is 7.58. The number of aryl methyl sites for hydroxylation is 2. The number of aromatic nitrogens is 2. The van der Waals surface area contributed by atoms with Gasteiger partial charge in [-0.05, 0) is 57.9 Å². The van der Waals surface area contributed by atoms with E-state index in [0.717, 1.165) is 42.9 Å². The molecular weight excluding hydrogens is 497 g/mol. The van der Waals surface area contributed by atoms with Crippen LogP contribution in [0.4, 0.5) is 0 Å². The number of Topliss-reactive ketones (excluding diaryl/α,β-unsaturated/α-hetero) is 1. The summed E-state index contributed by atoms with van der Waals surface area (Å²) >= 11 is 6.25. The van der Waals surface area contributed by atoms with E-state index in [4.69, 9.17) is 9.97 Å². The Bertz CT molecular complexity index is 901. The summed E-state index contributed by atoms with van der Waals surface area (Å²) in [5.74, 6) is 0.101. The Hall–Kier alpha value is -1.88. The van der Waals surface area contributed by atoms with Crippen molar-refractivity contribution in [3.8, 4) is 0 Å². The molecule has 4 bridgehead atoms. The average molecular weight is 525 g/mol. The zero-order valence-corrected chi connectivity index (χ0v) is 20.7. The molecule has 31 heavy (non-hydrogen) atoms. The van der Waals surface area contributed by atoms with Crippen molar-refractivity contribution in [2.45, 2.75) is 52.7 Å². The van der Waals surface area contributed by atoms with E-state index in [2.05, 4.69) is 89.1 Å². The third kappa shape index (κ3) is 8.64. The Balaban J connectivity index is 0.000000261. The monoisotopic (exact) mass is 523 g/mol. The van der Waals surface area contributed by atoms with E-state index in [1.807, 2.05) is 0 Å². The quantitative estimate of drug-likeness (QED) is 0.252. The van der Waals surface area contributed by atoms with Gasteiger partial charge in [0.05, 0.1) is 11.4 Å². The van der Waals surface area contributed by atoms with Crippen molar-refractivity contribution in [2.24, 2.45) is 0 Å². The molecule has 1 aliphatic rings. The van der Waals surface area contributed by atoms with Crippen molar-refractivity contribution in [2.75, 3.05) is 0 Å². The maximum atomic E-state index is 10.6. The Kier molecular flexibility index (Phi) is 11.1. The molecule has 6 heteroatoms. The first-order valence-corrected chi connectivity index (χ1v) is 12.7. The van der Waals surface area contributed by atoms with Gasteiger partial charge in [0, 0.05) is 30.5 Å². The molecule has 0 saturated heterocycles. The minimum absolute atomic E-state index is 0.101. The van der Waals surface area contributed by atoms with Gasteiger partial charge >= 0.3 is 27.9 Å². The summed E-state index contributed by atoms with van der Waals surface area (Å²) in [6.45, 7) is 7.78. The Morgan fingerprint density at radius 2 is 1.35 bits per heavy atom. The number of fused-ring (bicyclic) bond motifs is 4. The van der Waals surface area contributed by atoms with Crippen LogP contribution in [0.5, 0.6) is 0 Å². The Morgan fingerprint density at radius 3 is 1.74 bits per heavy atom. The second kappa shape index (κ2) is 13.5. The molecule has 167 valence electrons. The maximum absolute atomic E-state index is 10.6. The molecule has 4 rings (SSSR count). The summed E-state index contributed by atoms with van der Waals surface area (Å²) < 4.78 is 0. The zero-order valence-electron chi connectivity index (χ0n) is 18.1. The first kappa shape index (κ1) is 25.4. The first-order valence-electron chi connectivity index (χ1n) is 10.2. The van der Waals surface area contributed by atoms with Crippen LogP contribution in [0.25, 0.3) is 0 Å². The molecule has 4 nitrogen and oxygen atoms in total. The standard InChI is InChI=1S/C17H21N3.C8H7O.BrH.Ni/c1-13(2)20-11-16-7-3-5-14(18-16)9-10-15-6-4-8-17(12-20)19-15;1-7(9)8-5-3-2-4-6-8;;/h3-8,13H,9-12H2,1-2H3;3-6H,1H3;1H;/q;-1;;+1/p-1. The van der Waals surface area contributed by atoms with E-state index < -0.39 is 0 Å². The summed E-state index contributed by atoms with van der Waals surface area (Å²) in [6.07, 6.45) is 1.93. The number of rotatable bonds is 2. The van der Waals surface area contributed by atoms with Gasteiger partial charge < -0.3 is 0 Å². The fourth-order valence-corrected chi connectivity index (χ4v) is 3.23. The van der Waals surface area contributed by atoms with Crippen molar-refractivity contribution in [1.82, 2.24) is 14.9 Å². The summed E-state index contributed by atoms with van der Waals surface area (Å²) in [5.41, 5.74) is 5.40. The zero-order chi connectivity index (χ0) is 22.6. The number of hydrogen-bond donors (Lipinski definition) is 0. The topological polar surface area (TPSA) is 46.1 Å². The van der Waals surface area contributed by atoms with Gasteiger partial charge in [0.1, 0.15) is 5.78 Å². The van der Waals surface area contributed by atoms with E-state index in [1.54, 1.807) is 31.2 Å². The number of halogens is 1. The molecule has 0 fully saturated rings. The van der Waals surface area contributed by atoms with E-state index in [1.165, 1.54) is 11.4 Å². The first-order chi connectivity index (χ1) is 15.0. The van der Waals surface area contributed by atoms with Gasteiger partial charge in [-0.25, -0.2) is 0 Å². The SMILES string of the molecule is CC(=O)c1cc[c-]cc1.CC(C)N1Cc2cccc(n2)CCc2cccc(n2)C1.[Ni][Br]. The van der Waals surface area contributed by atoms with Gasteiger partial charge in [-0.2, -0.15) is 30.3 Å². The van der Waals surface area contributed by atoms with Crippen molar-refractivity contribution < 1.29 is 18.5 Å². The second-order valence-corrected chi connectivity index (χ2v) is 7.58. The molecule has 3 aromatic rings. The Labute approximate surface area is 200 Å². The number of hydrogen-bond acceptors (Lipinski definition) is 4. The molecule has 0 aliphatic carbocycles. The predicted molar refractivity (Wildman–Crippen MR) is 124 cm³/mol. The van der Waals surface area contributed by atoms with Gasteiger partial charge in [0.15, 0.2) is 0 Å². The molecule has 0 N–H and O–H groups in total. The van der Waals surface area contributed by atoms with E-state index >= 15 is 0 Å². The number of benzene rings is 1. The molecule has 1 aromatic carbocycles. The van der Waals surface area contributed by atoms with Crippen molar-refractivity contribution in [1.29, 1.82) is 0 Å². The van der Waals surface area contributed by atoms with Crippen LogP contribution in [0.1, 0.15) is 53.9 Å². The number of carbonyl (C=O) groups excluding carboxylic acids is 1. The van der Waals surface area contributed by atoms with Crippen LogP contribution in [0, 0.1) is 6.07 Å². The number of nitrogens with zero attached hydrogens (tertiary/aromatic N) is 3. The van der Waals surface area contributed by atoms with Gasteiger partial charge in [-0.1, -0.05) is 17.7 Å². The summed E-state index contributed by atoms with van der Waals surface area (Å²) in [7, 11) is 0. The Morgan fingerprint density at radius 1 is 0.903 bits per heavy atom. The van der Waals surface area contributed by atoms with E-state index in [9.17, 15) is 4.79 Å². The minimum atomic E-state index is 0.101. The molecule has 0 saturated carbocycles. The molecule has 0 amide bonds. The van der Waals surface area contributed by atoms with Crippen LogP contribution >= 0.6 is 14.2 Å². The fraction of sp³-hybridized carbons (Fsp3) is 0.320. The molecule has 3 heterocycles. The van der Waals surface area contributed by atoms with Gasteiger partial charge in [-0.15, -0.1) is 0 Å². The molecular formula is C25H28BrN3NiO-. The average Bonchev–Trinajstić information content (AvgIpc) is 2.81. The van der Waals surface area contributed by atoms with E-state index in [0.29, 0.717) is 6.04 Å². The van der Waals surface area contributed by atoms with Crippen LogP contribution in [-0.2, 0) is 39.6 Å². The predicted octanol–water partition coefficient (Wildman–Crippen LogP) is 5.52. The summed E-state index contributed by atoms with van der Waals surface area (Å²) in [5, 5.41) is 0. The number of ketones is 1. The van der Waals surface area contributed by atoms with Gasteiger partial charge in [-0.3, -0.25) is 19.7 Å². The molecule has 1 aliphatic heterocycles. The summed E-state index contributed by atoms with van der Waals surface area (Å²) in [4.78, 5) is 22.6. The van der Waals surface area contributed by atoms with Crippen LogP contribution < -0.4 is 0 Å². The van der Waals surface area contributed by atoms with Crippen LogP contribution in [-0.4, -0.2) is 26.7 Å². The van der Waals surface area contributed by atoms with Crippen LogP contribution in [0.2, 0.25) is 0 Å². The van der Waals surface area contributed by atoms with Gasteiger partial charge in [0.25, 0.3) is 0 Å².